The molecule has 0 bridgehead atoms. The van der Waals surface area contributed by atoms with Gasteiger partial charge in [0.15, 0.2) is 5.60 Å². The number of rotatable bonds is 5. The zero-order valence-corrected chi connectivity index (χ0v) is 8.90. The van der Waals surface area contributed by atoms with Crippen LogP contribution in [0.4, 0.5) is 0 Å². The van der Waals surface area contributed by atoms with Crippen LogP contribution in [0.25, 0.3) is 0 Å². The molecule has 84 valence electrons. The Labute approximate surface area is 98.3 Å². The number of hydrogen-bond acceptors (Lipinski definition) is 6. The van der Waals surface area contributed by atoms with E-state index in [0.717, 1.165) is 0 Å². The Balaban J connectivity index is 0. The van der Waals surface area contributed by atoms with E-state index in [1.807, 2.05) is 0 Å². The Morgan fingerprint density at radius 3 is 1.87 bits per heavy atom. The third-order valence-electron chi connectivity index (χ3n) is 1.38. The molecule has 0 rings (SSSR count). The summed E-state index contributed by atoms with van der Waals surface area (Å²) in [6.07, 6.45) is -2.32. The largest absolute Gasteiger partial charge is 0.481 e. The van der Waals surface area contributed by atoms with Crippen molar-refractivity contribution in [2.75, 3.05) is 0 Å². The Morgan fingerprint density at radius 1 is 1.13 bits per heavy atom. The van der Waals surface area contributed by atoms with E-state index in [1.165, 1.54) is 0 Å². The second-order valence-corrected chi connectivity index (χ2v) is 2.55. The molecule has 0 aliphatic rings. The first-order valence-corrected chi connectivity index (χ1v) is 3.33. The standard InChI is InChI=1S/C6H8O8.Ti/c7-3(8)1-6(12,5(10)11)2-4(9)14-13;/h12-13H,1-2H2,(H,7,8)(H,10,11);. The zero-order chi connectivity index (χ0) is 11.4. The number of aliphatic carboxylic acids is 2. The second-order valence-electron chi connectivity index (χ2n) is 2.55. The molecule has 0 heterocycles. The molecule has 0 fully saturated rings. The molecule has 0 radical (unpaired) electrons. The van der Waals surface area contributed by atoms with Crippen LogP contribution in [0.2, 0.25) is 0 Å². The summed E-state index contributed by atoms with van der Waals surface area (Å²) in [4.78, 5) is 34.1. The molecule has 0 saturated carbocycles. The summed E-state index contributed by atoms with van der Waals surface area (Å²) in [6.45, 7) is 0. The second kappa shape index (κ2) is 6.51. The molecule has 0 aromatic rings. The fourth-order valence-corrected chi connectivity index (χ4v) is 0.735. The van der Waals surface area contributed by atoms with Crippen molar-refractivity contribution >= 4 is 17.9 Å². The van der Waals surface area contributed by atoms with Gasteiger partial charge in [0, 0.05) is 21.7 Å². The van der Waals surface area contributed by atoms with E-state index in [0.29, 0.717) is 0 Å². The molecule has 0 aliphatic carbocycles. The minimum atomic E-state index is -2.77. The van der Waals surface area contributed by atoms with Crippen molar-refractivity contribution in [3.63, 3.8) is 0 Å². The van der Waals surface area contributed by atoms with Gasteiger partial charge in [-0.25, -0.2) is 9.59 Å². The van der Waals surface area contributed by atoms with Crippen molar-refractivity contribution in [1.29, 1.82) is 0 Å². The summed E-state index contributed by atoms with van der Waals surface area (Å²) in [7, 11) is 0. The van der Waals surface area contributed by atoms with E-state index < -0.39 is 36.4 Å². The van der Waals surface area contributed by atoms with Gasteiger partial charge in [0.2, 0.25) is 0 Å². The van der Waals surface area contributed by atoms with Gasteiger partial charge in [0.05, 0.1) is 12.8 Å². The molecule has 0 aliphatic heterocycles. The predicted molar refractivity (Wildman–Crippen MR) is 38.2 cm³/mol. The maximum atomic E-state index is 10.4. The summed E-state index contributed by atoms with van der Waals surface area (Å²) in [5.74, 6) is -4.91. The number of carbonyl (C=O) groups excluding carboxylic acids is 1. The summed E-state index contributed by atoms with van der Waals surface area (Å²) < 4.78 is 0. The Morgan fingerprint density at radius 2 is 1.60 bits per heavy atom. The first kappa shape index (κ1) is 16.5. The summed E-state index contributed by atoms with van der Waals surface area (Å²) in [5, 5.41) is 33.6. The van der Waals surface area contributed by atoms with Crippen LogP contribution in [0.5, 0.6) is 0 Å². The van der Waals surface area contributed by atoms with Crippen LogP contribution in [0, 0.1) is 0 Å². The maximum Gasteiger partial charge on any atom is 0.345 e. The van der Waals surface area contributed by atoms with Crippen LogP contribution in [-0.2, 0) is 41.0 Å². The fraction of sp³-hybridized carbons (Fsp3) is 0.500. The van der Waals surface area contributed by atoms with Gasteiger partial charge in [-0.15, -0.1) is 0 Å². The smallest absolute Gasteiger partial charge is 0.345 e. The minimum absolute atomic E-state index is 0. The number of carboxylic acid groups (broad SMARTS) is 2. The van der Waals surface area contributed by atoms with E-state index in [2.05, 4.69) is 4.89 Å². The zero-order valence-electron chi connectivity index (χ0n) is 7.34. The average Bonchev–Trinajstić information content (AvgIpc) is 2.02. The van der Waals surface area contributed by atoms with E-state index >= 15 is 0 Å². The molecule has 0 spiro atoms. The van der Waals surface area contributed by atoms with E-state index in [1.54, 1.807) is 0 Å². The van der Waals surface area contributed by atoms with Crippen LogP contribution < -0.4 is 0 Å². The summed E-state index contributed by atoms with van der Waals surface area (Å²) in [5.41, 5.74) is -2.77. The third-order valence-corrected chi connectivity index (χ3v) is 1.38. The van der Waals surface area contributed by atoms with Crippen molar-refractivity contribution < 1.29 is 61.6 Å². The molecule has 1 atom stereocenters. The molecule has 4 N–H and O–H groups in total. The van der Waals surface area contributed by atoms with Crippen LogP contribution in [-0.4, -0.2) is 44.1 Å². The molecular formula is C6H8O8Ti. The molecule has 9 heteroatoms. The number of hydrogen-bond donors (Lipinski definition) is 4. The first-order valence-electron chi connectivity index (χ1n) is 3.33. The first-order chi connectivity index (χ1) is 6.31. The van der Waals surface area contributed by atoms with Gasteiger partial charge >= 0.3 is 17.9 Å². The topological polar surface area (TPSA) is 141 Å². The normalized spacial score (nSPS) is 13.2. The summed E-state index contributed by atoms with van der Waals surface area (Å²) in [6, 6.07) is 0. The van der Waals surface area contributed by atoms with Crippen LogP contribution >= 0.6 is 0 Å². The van der Waals surface area contributed by atoms with Crippen molar-refractivity contribution in [2.24, 2.45) is 0 Å². The molecule has 1 unspecified atom stereocenters. The van der Waals surface area contributed by atoms with Crippen LogP contribution in [0.1, 0.15) is 12.8 Å². The molecule has 15 heavy (non-hydrogen) atoms. The quantitative estimate of drug-likeness (QED) is 0.269. The third kappa shape index (κ3) is 5.48. The minimum Gasteiger partial charge on any atom is -0.481 e. The van der Waals surface area contributed by atoms with Gasteiger partial charge in [0.1, 0.15) is 0 Å². The monoisotopic (exact) mass is 256 g/mol. The maximum absolute atomic E-state index is 10.4. The van der Waals surface area contributed by atoms with Crippen LogP contribution in [0.15, 0.2) is 0 Å². The van der Waals surface area contributed by atoms with Gasteiger partial charge < -0.3 is 20.2 Å². The summed E-state index contributed by atoms with van der Waals surface area (Å²) >= 11 is 0. The predicted octanol–water partition coefficient (Wildman–Crippen LogP) is -1.32. The molecule has 0 aromatic heterocycles. The fourth-order valence-electron chi connectivity index (χ4n) is 0.735. The number of aliphatic hydroxyl groups is 1. The molecule has 0 saturated heterocycles. The van der Waals surface area contributed by atoms with Gasteiger partial charge in [-0.1, -0.05) is 0 Å². The molecule has 0 aromatic carbocycles. The number of carbonyl (C=O) groups is 3. The SMILES string of the molecule is O=C(O)CC(O)(CC(=O)OO)C(=O)O.[Ti]. The average molecular weight is 256 g/mol. The van der Waals surface area contributed by atoms with Gasteiger partial charge in [0.25, 0.3) is 0 Å². The van der Waals surface area contributed by atoms with E-state index in [-0.39, 0.29) is 21.7 Å². The van der Waals surface area contributed by atoms with Crippen molar-refractivity contribution in [2.45, 2.75) is 18.4 Å². The van der Waals surface area contributed by atoms with Crippen molar-refractivity contribution in [3.05, 3.63) is 0 Å². The molecule has 8 nitrogen and oxygen atoms in total. The Hall–Kier alpha value is -0.956. The molecular weight excluding hydrogens is 248 g/mol. The van der Waals surface area contributed by atoms with Gasteiger partial charge in [-0.3, -0.25) is 4.79 Å². The van der Waals surface area contributed by atoms with Crippen molar-refractivity contribution in [1.82, 2.24) is 0 Å². The molecule has 0 amide bonds. The number of carboxylic acids is 2. The van der Waals surface area contributed by atoms with E-state index in [9.17, 15) is 14.4 Å². The Bertz CT molecular complexity index is 264. The van der Waals surface area contributed by atoms with E-state index in [4.69, 9.17) is 20.6 Å². The van der Waals surface area contributed by atoms with Gasteiger partial charge in [-0.2, -0.15) is 5.26 Å². The van der Waals surface area contributed by atoms with Gasteiger partial charge in [-0.05, 0) is 0 Å². The Kier molecular flexibility index (Phi) is 7.15. The van der Waals surface area contributed by atoms with Crippen LogP contribution in [0.3, 0.4) is 0 Å². The van der Waals surface area contributed by atoms with Crippen molar-refractivity contribution in [3.8, 4) is 0 Å².